The number of hydrogen-bond acceptors (Lipinski definition) is 2. The summed E-state index contributed by atoms with van der Waals surface area (Å²) < 4.78 is 27.9. The maximum atomic E-state index is 12.9. The molecular weight excluding hydrogens is 284 g/mol. The lowest BCUT2D eigenvalue weighted by molar-refractivity contribution is 0.0120. The lowest BCUT2D eigenvalue weighted by Crippen LogP contribution is -2.31. The molecule has 0 aromatic carbocycles. The van der Waals surface area contributed by atoms with Gasteiger partial charge in [0.25, 0.3) is 11.8 Å². The Morgan fingerprint density at radius 2 is 2.31 bits per heavy atom. The van der Waals surface area contributed by atoms with Crippen LogP contribution < -0.4 is 0 Å². The average molecular weight is 294 g/mol. The molecule has 7 heteroatoms. The number of hydrogen-bond donors (Lipinski definition) is 0. The number of nitrogens with zero attached hydrogens (tertiary/aromatic N) is 3. The van der Waals surface area contributed by atoms with Crippen LogP contribution in [0.2, 0.25) is 0 Å². The number of alkyl halides is 2. The number of likely N-dealkylation sites (tertiary alicyclic amines) is 1. The van der Waals surface area contributed by atoms with Crippen LogP contribution in [0.3, 0.4) is 0 Å². The Bertz CT molecular complexity index is 432. The summed E-state index contributed by atoms with van der Waals surface area (Å²) in [6.45, 7) is -0.416. The largest absolute Gasteiger partial charge is 0.332 e. The molecular formula is C9H10BrF2N3O. The van der Waals surface area contributed by atoms with Crippen LogP contribution in [0.1, 0.15) is 16.8 Å². The van der Waals surface area contributed by atoms with E-state index in [1.54, 1.807) is 7.05 Å². The van der Waals surface area contributed by atoms with Crippen molar-refractivity contribution in [2.45, 2.75) is 12.3 Å². The van der Waals surface area contributed by atoms with Gasteiger partial charge in [-0.3, -0.25) is 9.48 Å². The molecule has 1 aromatic rings. The smallest absolute Gasteiger partial charge is 0.267 e. The average Bonchev–Trinajstić information content (AvgIpc) is 2.71. The van der Waals surface area contributed by atoms with Gasteiger partial charge >= 0.3 is 0 Å². The normalized spacial score (nSPS) is 19.1. The lowest BCUT2D eigenvalue weighted by atomic mass is 10.3. The molecule has 0 unspecified atom stereocenters. The summed E-state index contributed by atoms with van der Waals surface area (Å²) in [5, 5.41) is 3.88. The highest BCUT2D eigenvalue weighted by atomic mass is 79.9. The van der Waals surface area contributed by atoms with Gasteiger partial charge in [0.05, 0.1) is 18.3 Å². The van der Waals surface area contributed by atoms with E-state index in [2.05, 4.69) is 21.0 Å². The Kier molecular flexibility index (Phi) is 2.73. The van der Waals surface area contributed by atoms with E-state index < -0.39 is 18.4 Å². The van der Waals surface area contributed by atoms with E-state index in [9.17, 15) is 13.6 Å². The highest BCUT2D eigenvalue weighted by Crippen LogP contribution is 2.28. The number of carbonyl (C=O) groups is 1. The second-order valence-electron chi connectivity index (χ2n) is 3.81. The third-order valence-corrected chi connectivity index (χ3v) is 3.49. The first-order chi connectivity index (χ1) is 7.41. The number of rotatable bonds is 1. The van der Waals surface area contributed by atoms with E-state index in [-0.39, 0.29) is 13.0 Å². The molecule has 1 amide bonds. The van der Waals surface area contributed by atoms with Gasteiger partial charge in [-0.15, -0.1) is 0 Å². The van der Waals surface area contributed by atoms with Crippen LogP contribution in [0.15, 0.2) is 10.8 Å². The van der Waals surface area contributed by atoms with Crippen LogP contribution >= 0.6 is 15.9 Å². The van der Waals surface area contributed by atoms with Crippen LogP contribution in [0.4, 0.5) is 8.78 Å². The molecule has 1 saturated heterocycles. The zero-order chi connectivity index (χ0) is 11.9. The van der Waals surface area contributed by atoms with Crippen LogP contribution in [-0.2, 0) is 7.05 Å². The fourth-order valence-corrected chi connectivity index (χ4v) is 2.01. The zero-order valence-corrected chi connectivity index (χ0v) is 10.2. The van der Waals surface area contributed by atoms with Crippen molar-refractivity contribution in [3.8, 4) is 0 Å². The molecule has 1 aliphatic rings. The van der Waals surface area contributed by atoms with Crippen LogP contribution in [0.5, 0.6) is 0 Å². The number of carbonyl (C=O) groups excluding carboxylic acids is 1. The summed E-state index contributed by atoms with van der Waals surface area (Å²) in [6, 6.07) is 0. The van der Waals surface area contributed by atoms with Crippen molar-refractivity contribution in [1.82, 2.24) is 14.7 Å². The first-order valence-electron chi connectivity index (χ1n) is 4.75. The van der Waals surface area contributed by atoms with Gasteiger partial charge in [0.2, 0.25) is 0 Å². The van der Waals surface area contributed by atoms with Gasteiger partial charge in [-0.1, -0.05) is 0 Å². The summed E-state index contributed by atoms with van der Waals surface area (Å²) in [7, 11) is 1.67. The maximum absolute atomic E-state index is 12.9. The summed E-state index contributed by atoms with van der Waals surface area (Å²) in [5.41, 5.74) is 0.320. The second kappa shape index (κ2) is 3.80. The van der Waals surface area contributed by atoms with Crippen molar-refractivity contribution in [3.63, 3.8) is 0 Å². The molecule has 88 valence electrons. The number of aryl methyl sites for hydroxylation is 1. The Morgan fingerprint density at radius 1 is 1.62 bits per heavy atom. The number of halogens is 3. The molecule has 0 spiro atoms. The van der Waals surface area contributed by atoms with Gasteiger partial charge in [-0.25, -0.2) is 8.78 Å². The van der Waals surface area contributed by atoms with Gasteiger partial charge in [-0.05, 0) is 15.9 Å². The summed E-state index contributed by atoms with van der Waals surface area (Å²) in [6.07, 6.45) is 1.11. The lowest BCUT2D eigenvalue weighted by Gasteiger charge is -2.15. The molecule has 1 fully saturated rings. The van der Waals surface area contributed by atoms with E-state index in [0.717, 1.165) is 4.90 Å². The Labute approximate surface area is 99.3 Å². The SMILES string of the molecule is Cn1ncc(C(=O)N2CCC(F)(F)C2)c1Br. The minimum atomic E-state index is -2.76. The van der Waals surface area contributed by atoms with E-state index in [1.165, 1.54) is 10.9 Å². The molecule has 16 heavy (non-hydrogen) atoms. The molecule has 0 atom stereocenters. The minimum absolute atomic E-state index is 0.0904. The quantitative estimate of drug-likeness (QED) is 0.790. The van der Waals surface area contributed by atoms with Crippen LogP contribution in [0.25, 0.3) is 0 Å². The van der Waals surface area contributed by atoms with Crippen molar-refractivity contribution in [2.24, 2.45) is 7.05 Å². The Morgan fingerprint density at radius 3 is 2.75 bits per heavy atom. The van der Waals surface area contributed by atoms with Gasteiger partial charge in [0.15, 0.2) is 0 Å². The minimum Gasteiger partial charge on any atom is -0.332 e. The molecule has 1 aromatic heterocycles. The predicted octanol–water partition coefficient (Wildman–Crippen LogP) is 1.66. The fraction of sp³-hybridized carbons (Fsp3) is 0.556. The first kappa shape index (κ1) is 11.5. The van der Waals surface area contributed by atoms with Gasteiger partial charge < -0.3 is 4.90 Å². The van der Waals surface area contributed by atoms with Gasteiger partial charge in [-0.2, -0.15) is 5.10 Å². The first-order valence-corrected chi connectivity index (χ1v) is 5.54. The van der Waals surface area contributed by atoms with Crippen molar-refractivity contribution in [2.75, 3.05) is 13.1 Å². The van der Waals surface area contributed by atoms with Crippen molar-refractivity contribution in [3.05, 3.63) is 16.4 Å². The van der Waals surface area contributed by atoms with Crippen LogP contribution in [0, 0.1) is 0 Å². The summed E-state index contributed by atoms with van der Waals surface area (Å²) >= 11 is 3.19. The van der Waals surface area contributed by atoms with Gasteiger partial charge in [0.1, 0.15) is 4.60 Å². The second-order valence-corrected chi connectivity index (χ2v) is 4.56. The number of amides is 1. The van der Waals surface area contributed by atoms with Crippen molar-refractivity contribution >= 4 is 21.8 Å². The molecule has 2 heterocycles. The molecule has 0 saturated carbocycles. The van der Waals surface area contributed by atoms with Crippen LogP contribution in [-0.4, -0.2) is 39.6 Å². The highest BCUT2D eigenvalue weighted by molar-refractivity contribution is 9.10. The third kappa shape index (κ3) is 1.95. The zero-order valence-electron chi connectivity index (χ0n) is 8.58. The standard InChI is InChI=1S/C9H10BrF2N3O/c1-14-7(10)6(4-13-14)8(16)15-3-2-9(11,12)5-15/h4H,2-3,5H2,1H3. The van der Waals surface area contributed by atoms with Gasteiger partial charge in [0, 0.05) is 20.0 Å². The Hall–Kier alpha value is -0.980. The maximum Gasteiger partial charge on any atom is 0.267 e. The monoisotopic (exact) mass is 293 g/mol. The summed E-state index contributed by atoms with van der Waals surface area (Å²) in [4.78, 5) is 13.0. The summed E-state index contributed by atoms with van der Waals surface area (Å²) in [5.74, 6) is -3.16. The highest BCUT2D eigenvalue weighted by Gasteiger charge is 2.41. The van der Waals surface area contributed by atoms with E-state index in [1.807, 2.05) is 0 Å². The van der Waals surface area contributed by atoms with E-state index in [4.69, 9.17) is 0 Å². The number of aromatic nitrogens is 2. The molecule has 1 aliphatic heterocycles. The molecule has 0 aliphatic carbocycles. The molecule has 2 rings (SSSR count). The van der Waals surface area contributed by atoms with Crippen molar-refractivity contribution < 1.29 is 13.6 Å². The topological polar surface area (TPSA) is 38.1 Å². The van der Waals surface area contributed by atoms with E-state index >= 15 is 0 Å². The predicted molar refractivity (Wildman–Crippen MR) is 56.4 cm³/mol. The Balaban J connectivity index is 2.18. The molecule has 0 N–H and O–H groups in total. The molecule has 0 bridgehead atoms. The third-order valence-electron chi connectivity index (χ3n) is 2.55. The van der Waals surface area contributed by atoms with Crippen molar-refractivity contribution in [1.29, 1.82) is 0 Å². The van der Waals surface area contributed by atoms with E-state index in [0.29, 0.717) is 10.2 Å². The molecule has 0 radical (unpaired) electrons. The fourth-order valence-electron chi connectivity index (χ4n) is 1.65. The molecule has 4 nitrogen and oxygen atoms in total.